The van der Waals surface area contributed by atoms with Crippen molar-refractivity contribution in [1.29, 1.82) is 0 Å². The van der Waals surface area contributed by atoms with E-state index in [1.165, 1.54) is 11.1 Å². The lowest BCUT2D eigenvalue weighted by Crippen LogP contribution is -2.46. The number of hydrogen-bond donors (Lipinski definition) is 1. The fourth-order valence-electron chi connectivity index (χ4n) is 2.48. The molecule has 0 spiro atoms. The van der Waals surface area contributed by atoms with Gasteiger partial charge in [0, 0.05) is 18.8 Å². The Morgan fingerprint density at radius 2 is 1.67 bits per heavy atom. The molecule has 2 rings (SSSR count). The van der Waals surface area contributed by atoms with E-state index in [0.29, 0.717) is 0 Å². The molecule has 0 bridgehead atoms. The van der Waals surface area contributed by atoms with Crippen LogP contribution in [0.5, 0.6) is 0 Å². The topological polar surface area (TPSA) is 35.2 Å². The highest BCUT2D eigenvalue weighted by Crippen LogP contribution is 2.25. The van der Waals surface area contributed by atoms with Crippen LogP contribution in [0.15, 0.2) is 24.3 Å². The smallest absolute Gasteiger partial charge is 0.0483 e. The Balaban J connectivity index is 2.06. The molecule has 2 heteroatoms. The summed E-state index contributed by atoms with van der Waals surface area (Å²) >= 11 is 0. The molecule has 1 aromatic carbocycles. The van der Waals surface area contributed by atoms with Crippen molar-refractivity contribution in [3.8, 4) is 0 Å². The highest BCUT2D eigenvalue weighted by molar-refractivity contribution is 5.28. The van der Waals surface area contributed by atoms with Crippen LogP contribution in [-0.2, 0) is 16.6 Å². The minimum Gasteiger partial charge on any atom is -0.381 e. The van der Waals surface area contributed by atoms with Gasteiger partial charge in [0.15, 0.2) is 0 Å². The first-order valence-corrected chi connectivity index (χ1v) is 6.85. The van der Waals surface area contributed by atoms with Crippen LogP contribution in [0.3, 0.4) is 0 Å². The largest absolute Gasteiger partial charge is 0.381 e. The molecule has 0 atom stereocenters. The predicted octanol–water partition coefficient (Wildman–Crippen LogP) is 3.03. The minimum absolute atomic E-state index is 0.0680. The van der Waals surface area contributed by atoms with Crippen LogP contribution < -0.4 is 5.73 Å². The average Bonchev–Trinajstić information content (AvgIpc) is 2.29. The first-order valence-electron chi connectivity index (χ1n) is 6.85. The third kappa shape index (κ3) is 3.33. The van der Waals surface area contributed by atoms with E-state index in [1.807, 2.05) is 0 Å². The second kappa shape index (κ2) is 5.02. The van der Waals surface area contributed by atoms with Crippen molar-refractivity contribution in [3.05, 3.63) is 35.4 Å². The second-order valence-electron chi connectivity index (χ2n) is 6.60. The van der Waals surface area contributed by atoms with Crippen LogP contribution in [0, 0.1) is 0 Å². The maximum Gasteiger partial charge on any atom is 0.0483 e. The van der Waals surface area contributed by atoms with E-state index in [2.05, 4.69) is 45.0 Å². The molecule has 1 aromatic rings. The zero-order valence-corrected chi connectivity index (χ0v) is 11.8. The summed E-state index contributed by atoms with van der Waals surface area (Å²) in [6.07, 6.45) is 2.89. The Bertz CT molecular complexity index is 383. The average molecular weight is 247 g/mol. The van der Waals surface area contributed by atoms with Gasteiger partial charge in [0.2, 0.25) is 0 Å². The zero-order chi connectivity index (χ0) is 13.2. The molecule has 1 heterocycles. The van der Waals surface area contributed by atoms with Gasteiger partial charge in [-0.1, -0.05) is 45.0 Å². The Morgan fingerprint density at radius 1 is 1.11 bits per heavy atom. The summed E-state index contributed by atoms with van der Waals surface area (Å²) in [5.41, 5.74) is 9.31. The molecule has 1 fully saturated rings. The Kier molecular flexibility index (Phi) is 3.79. The van der Waals surface area contributed by atoms with E-state index in [9.17, 15) is 0 Å². The Hall–Kier alpha value is -0.860. The van der Waals surface area contributed by atoms with Crippen molar-refractivity contribution in [2.45, 2.75) is 51.0 Å². The van der Waals surface area contributed by atoms with Gasteiger partial charge in [0.25, 0.3) is 0 Å². The van der Waals surface area contributed by atoms with Gasteiger partial charge in [-0.3, -0.25) is 0 Å². The molecular weight excluding hydrogens is 222 g/mol. The van der Waals surface area contributed by atoms with Gasteiger partial charge in [-0.2, -0.15) is 0 Å². The van der Waals surface area contributed by atoms with Crippen molar-refractivity contribution in [2.75, 3.05) is 13.2 Å². The van der Waals surface area contributed by atoms with Crippen LogP contribution in [-0.4, -0.2) is 18.8 Å². The van der Waals surface area contributed by atoms with Crippen molar-refractivity contribution >= 4 is 0 Å². The van der Waals surface area contributed by atoms with Gasteiger partial charge in [-0.15, -0.1) is 0 Å². The summed E-state index contributed by atoms with van der Waals surface area (Å²) in [5.74, 6) is 0. The van der Waals surface area contributed by atoms with E-state index in [4.69, 9.17) is 10.5 Å². The number of benzene rings is 1. The SMILES string of the molecule is CC(C)(C)c1ccc(CC2(N)CCOCC2)cc1. The minimum atomic E-state index is -0.0680. The number of ether oxygens (including phenoxy) is 1. The van der Waals surface area contributed by atoms with Crippen molar-refractivity contribution in [3.63, 3.8) is 0 Å². The lowest BCUT2D eigenvalue weighted by Gasteiger charge is -2.33. The highest BCUT2D eigenvalue weighted by Gasteiger charge is 2.28. The molecule has 0 aliphatic carbocycles. The van der Waals surface area contributed by atoms with Gasteiger partial charge in [-0.05, 0) is 35.8 Å². The van der Waals surface area contributed by atoms with Crippen molar-refractivity contribution < 1.29 is 4.74 Å². The molecule has 0 unspecified atom stereocenters. The normalized spacial score (nSPS) is 19.8. The summed E-state index contributed by atoms with van der Waals surface area (Å²) in [4.78, 5) is 0. The maximum absolute atomic E-state index is 6.43. The van der Waals surface area contributed by atoms with Crippen LogP contribution in [0.1, 0.15) is 44.7 Å². The van der Waals surface area contributed by atoms with Gasteiger partial charge in [0.05, 0.1) is 0 Å². The maximum atomic E-state index is 6.43. The molecule has 100 valence electrons. The van der Waals surface area contributed by atoms with Crippen molar-refractivity contribution in [2.24, 2.45) is 5.73 Å². The van der Waals surface area contributed by atoms with Gasteiger partial charge in [0.1, 0.15) is 0 Å². The molecule has 0 radical (unpaired) electrons. The molecule has 2 N–H and O–H groups in total. The van der Waals surface area contributed by atoms with E-state index < -0.39 is 0 Å². The summed E-state index contributed by atoms with van der Waals surface area (Å²) in [7, 11) is 0. The quantitative estimate of drug-likeness (QED) is 0.872. The number of nitrogens with two attached hydrogens (primary N) is 1. The first kappa shape index (κ1) is 13.6. The molecule has 1 aliphatic heterocycles. The zero-order valence-electron chi connectivity index (χ0n) is 11.8. The first-order chi connectivity index (χ1) is 8.39. The van der Waals surface area contributed by atoms with Crippen LogP contribution >= 0.6 is 0 Å². The lowest BCUT2D eigenvalue weighted by atomic mass is 9.83. The van der Waals surface area contributed by atoms with Crippen LogP contribution in [0.25, 0.3) is 0 Å². The van der Waals surface area contributed by atoms with Gasteiger partial charge >= 0.3 is 0 Å². The fourth-order valence-corrected chi connectivity index (χ4v) is 2.48. The molecule has 18 heavy (non-hydrogen) atoms. The van der Waals surface area contributed by atoms with E-state index in [1.54, 1.807) is 0 Å². The fraction of sp³-hybridized carbons (Fsp3) is 0.625. The lowest BCUT2D eigenvalue weighted by molar-refractivity contribution is 0.0533. The molecule has 2 nitrogen and oxygen atoms in total. The molecule has 0 aromatic heterocycles. The summed E-state index contributed by atoms with van der Waals surface area (Å²) < 4.78 is 5.39. The number of rotatable bonds is 2. The summed E-state index contributed by atoms with van der Waals surface area (Å²) in [6, 6.07) is 8.92. The molecule has 0 amide bonds. The third-order valence-corrected chi connectivity index (χ3v) is 3.86. The molecule has 0 saturated carbocycles. The molecule has 1 saturated heterocycles. The summed E-state index contributed by atoms with van der Waals surface area (Å²) in [5, 5.41) is 0. The monoisotopic (exact) mass is 247 g/mol. The predicted molar refractivity (Wildman–Crippen MR) is 75.8 cm³/mol. The third-order valence-electron chi connectivity index (χ3n) is 3.86. The van der Waals surface area contributed by atoms with E-state index in [0.717, 1.165) is 32.5 Å². The van der Waals surface area contributed by atoms with E-state index in [-0.39, 0.29) is 11.0 Å². The van der Waals surface area contributed by atoms with E-state index >= 15 is 0 Å². The van der Waals surface area contributed by atoms with Crippen molar-refractivity contribution in [1.82, 2.24) is 0 Å². The van der Waals surface area contributed by atoms with Gasteiger partial charge in [-0.25, -0.2) is 0 Å². The summed E-state index contributed by atoms with van der Waals surface area (Å²) in [6.45, 7) is 8.33. The number of hydrogen-bond acceptors (Lipinski definition) is 2. The molecular formula is C16H25NO. The standard InChI is InChI=1S/C16H25NO/c1-15(2,3)14-6-4-13(5-7-14)12-16(17)8-10-18-11-9-16/h4-7H,8-12,17H2,1-3H3. The van der Waals surface area contributed by atoms with Crippen LogP contribution in [0.2, 0.25) is 0 Å². The molecule has 1 aliphatic rings. The van der Waals surface area contributed by atoms with Crippen LogP contribution in [0.4, 0.5) is 0 Å². The highest BCUT2D eigenvalue weighted by atomic mass is 16.5. The van der Waals surface area contributed by atoms with Gasteiger partial charge < -0.3 is 10.5 Å². The Labute approximate surface area is 111 Å². The second-order valence-corrected chi connectivity index (χ2v) is 6.60. The Morgan fingerprint density at radius 3 is 2.17 bits per heavy atom.